The van der Waals surface area contributed by atoms with E-state index in [0.29, 0.717) is 12.8 Å². The zero-order valence-corrected chi connectivity index (χ0v) is 26.0. The van der Waals surface area contributed by atoms with Gasteiger partial charge < -0.3 is 20.7 Å². The van der Waals surface area contributed by atoms with Gasteiger partial charge in [-0.3, -0.25) is 18.7 Å². The molecule has 0 unspecified atom stereocenters. The molecule has 0 aliphatic carbocycles. The van der Waals surface area contributed by atoms with Gasteiger partial charge in [-0.1, -0.05) is 67.6 Å². The molecule has 0 aliphatic rings. The lowest BCUT2D eigenvalue weighted by Gasteiger charge is -2.23. The molecule has 0 spiro atoms. The van der Waals surface area contributed by atoms with Crippen LogP contribution in [0.25, 0.3) is 0 Å². The Morgan fingerprint density at radius 3 is 1.98 bits per heavy atom. The lowest BCUT2D eigenvalue weighted by molar-refractivity contribution is -0.143. The molecule has 3 N–H and O–H groups in total. The molecule has 0 radical (unpaired) electrons. The maximum Gasteiger partial charge on any atom is 0.322 e. The number of benzene rings is 3. The molecule has 0 saturated carbocycles. The Labute approximate surface area is 253 Å². The first-order valence-corrected chi connectivity index (χ1v) is 15.9. The number of nitrogens with zero attached hydrogens (tertiary/aromatic N) is 1. The van der Waals surface area contributed by atoms with Crippen molar-refractivity contribution in [3.63, 3.8) is 0 Å². The Hall–Kier alpha value is -4.22. The number of nitrogens with one attached hydrogen (secondary N) is 3. The molecule has 0 heterocycles. The minimum absolute atomic E-state index is 0.114. The summed E-state index contributed by atoms with van der Waals surface area (Å²) in [4.78, 5) is 39.1. The predicted octanol–water partition coefficient (Wildman–Crippen LogP) is 3.46. The van der Waals surface area contributed by atoms with Gasteiger partial charge in [0.05, 0.1) is 25.1 Å². The van der Waals surface area contributed by atoms with Crippen LogP contribution in [0.2, 0.25) is 0 Å². The van der Waals surface area contributed by atoms with E-state index in [2.05, 4.69) is 16.0 Å². The SMILES string of the molecule is CC[C@H](NC[C@H](Cc1ccccc1)NC(=O)c1cc(C(=O)N[C@H](C)c2ccccc2)cc(N(C)S(C)(=O)=O)c1)C(=O)OC. The summed E-state index contributed by atoms with van der Waals surface area (Å²) in [5, 5.41) is 9.10. The van der Waals surface area contributed by atoms with Crippen LogP contribution in [-0.4, -0.2) is 65.2 Å². The Balaban J connectivity index is 1.92. The first-order chi connectivity index (χ1) is 20.4. The van der Waals surface area contributed by atoms with E-state index in [-0.39, 0.29) is 29.4 Å². The maximum atomic E-state index is 13.7. The van der Waals surface area contributed by atoms with Gasteiger partial charge in [-0.2, -0.15) is 0 Å². The van der Waals surface area contributed by atoms with E-state index in [4.69, 9.17) is 4.74 Å². The molecule has 3 aromatic rings. The first kappa shape index (κ1) is 33.3. The molecule has 10 nitrogen and oxygen atoms in total. The van der Waals surface area contributed by atoms with Crippen molar-refractivity contribution < 1.29 is 27.5 Å². The Morgan fingerprint density at radius 1 is 0.884 bits per heavy atom. The highest BCUT2D eigenvalue weighted by Gasteiger charge is 2.23. The number of methoxy groups -OCH3 is 1. The summed E-state index contributed by atoms with van der Waals surface area (Å²) in [6.45, 7) is 3.96. The monoisotopic (exact) mass is 608 g/mol. The molecular formula is C32H40N4O6S. The molecule has 0 fully saturated rings. The van der Waals surface area contributed by atoms with E-state index >= 15 is 0 Å². The quantitative estimate of drug-likeness (QED) is 0.239. The third-order valence-electron chi connectivity index (χ3n) is 7.12. The highest BCUT2D eigenvalue weighted by atomic mass is 32.2. The zero-order chi connectivity index (χ0) is 31.6. The molecule has 43 heavy (non-hydrogen) atoms. The molecule has 3 rings (SSSR count). The van der Waals surface area contributed by atoms with Crippen molar-refractivity contribution in [1.29, 1.82) is 0 Å². The fourth-order valence-electron chi connectivity index (χ4n) is 4.51. The molecule has 230 valence electrons. The number of rotatable bonds is 14. The molecule has 3 atom stereocenters. The van der Waals surface area contributed by atoms with Crippen LogP contribution in [0.4, 0.5) is 5.69 Å². The third-order valence-corrected chi connectivity index (χ3v) is 8.32. The number of esters is 1. The molecule has 11 heteroatoms. The summed E-state index contributed by atoms with van der Waals surface area (Å²) in [5.41, 5.74) is 2.29. The van der Waals surface area contributed by atoms with Crippen LogP contribution in [0, 0.1) is 0 Å². The largest absolute Gasteiger partial charge is 0.468 e. The number of ether oxygens (including phenoxy) is 1. The van der Waals surface area contributed by atoms with E-state index in [9.17, 15) is 22.8 Å². The van der Waals surface area contributed by atoms with Crippen LogP contribution >= 0.6 is 0 Å². The summed E-state index contributed by atoms with van der Waals surface area (Å²) in [7, 11) is -1.00. The number of carbonyl (C=O) groups is 3. The number of anilines is 1. The summed E-state index contributed by atoms with van der Waals surface area (Å²) in [6, 6.07) is 22.0. The van der Waals surface area contributed by atoms with Crippen molar-refractivity contribution in [2.24, 2.45) is 0 Å². The second kappa shape index (κ2) is 15.3. The van der Waals surface area contributed by atoms with Crippen LogP contribution in [0.5, 0.6) is 0 Å². The minimum atomic E-state index is -3.69. The Bertz CT molecular complexity index is 1500. The Morgan fingerprint density at radius 2 is 1.44 bits per heavy atom. The third kappa shape index (κ3) is 9.65. The van der Waals surface area contributed by atoms with Crippen molar-refractivity contribution in [2.75, 3.05) is 31.3 Å². The van der Waals surface area contributed by atoms with Gasteiger partial charge >= 0.3 is 5.97 Å². The van der Waals surface area contributed by atoms with E-state index in [1.807, 2.05) is 74.5 Å². The summed E-state index contributed by atoms with van der Waals surface area (Å²) >= 11 is 0. The van der Waals surface area contributed by atoms with Gasteiger partial charge in [-0.05, 0) is 49.1 Å². The molecule has 0 saturated heterocycles. The van der Waals surface area contributed by atoms with Gasteiger partial charge in [0.25, 0.3) is 11.8 Å². The topological polar surface area (TPSA) is 134 Å². The van der Waals surface area contributed by atoms with E-state index in [1.165, 1.54) is 32.4 Å². The van der Waals surface area contributed by atoms with Gasteiger partial charge in [0.15, 0.2) is 0 Å². The molecule has 0 bridgehead atoms. The number of hydrogen-bond acceptors (Lipinski definition) is 7. The first-order valence-electron chi connectivity index (χ1n) is 14.0. The normalized spacial score (nSPS) is 13.3. The van der Waals surface area contributed by atoms with Crippen LogP contribution in [0.1, 0.15) is 58.2 Å². The van der Waals surface area contributed by atoms with Crippen LogP contribution < -0.4 is 20.3 Å². The summed E-state index contributed by atoms with van der Waals surface area (Å²) in [6.07, 6.45) is 2.00. The van der Waals surface area contributed by atoms with Gasteiger partial charge in [0, 0.05) is 30.8 Å². The fourth-order valence-corrected chi connectivity index (χ4v) is 5.00. The van der Waals surface area contributed by atoms with Crippen LogP contribution in [0.15, 0.2) is 78.9 Å². The summed E-state index contributed by atoms with van der Waals surface area (Å²) in [5.74, 6) is -1.35. The van der Waals surface area contributed by atoms with Gasteiger partial charge in [0.1, 0.15) is 6.04 Å². The van der Waals surface area contributed by atoms with Gasteiger partial charge in [0.2, 0.25) is 10.0 Å². The number of carbonyl (C=O) groups excluding carboxylic acids is 3. The standard InChI is InChI=1S/C32H40N4O6S/c1-6-29(32(39)42-4)33-21-27(17-23-13-9-7-10-14-23)35-31(38)26-18-25(19-28(20-26)36(3)43(5,40)41)30(37)34-22(2)24-15-11-8-12-16-24/h7-16,18-20,22,27,29,33H,6,17,21H2,1-5H3,(H,34,37)(H,35,38)/t22-,27+,29+/m1/s1. The number of sulfonamides is 1. The molecular weight excluding hydrogens is 568 g/mol. The van der Waals surface area contributed by atoms with E-state index in [1.54, 1.807) is 0 Å². The smallest absolute Gasteiger partial charge is 0.322 e. The second-order valence-electron chi connectivity index (χ2n) is 10.4. The van der Waals surface area contributed by atoms with Crippen molar-refractivity contribution >= 4 is 33.5 Å². The molecule has 3 aromatic carbocycles. The highest BCUT2D eigenvalue weighted by molar-refractivity contribution is 7.92. The van der Waals surface area contributed by atoms with Crippen LogP contribution in [-0.2, 0) is 26.0 Å². The van der Waals surface area contributed by atoms with Crippen molar-refractivity contribution in [1.82, 2.24) is 16.0 Å². The van der Waals surface area contributed by atoms with Gasteiger partial charge in [-0.25, -0.2) is 8.42 Å². The zero-order valence-electron chi connectivity index (χ0n) is 25.2. The van der Waals surface area contributed by atoms with Gasteiger partial charge in [-0.15, -0.1) is 0 Å². The lowest BCUT2D eigenvalue weighted by Crippen LogP contribution is -2.48. The number of hydrogen-bond donors (Lipinski definition) is 3. The number of amides is 2. The second-order valence-corrected chi connectivity index (χ2v) is 12.4. The van der Waals surface area contributed by atoms with Crippen molar-refractivity contribution in [2.45, 2.75) is 44.8 Å². The fraction of sp³-hybridized carbons (Fsp3) is 0.344. The average Bonchev–Trinajstić information content (AvgIpc) is 3.00. The van der Waals surface area contributed by atoms with Crippen molar-refractivity contribution in [3.8, 4) is 0 Å². The minimum Gasteiger partial charge on any atom is -0.468 e. The molecule has 2 amide bonds. The van der Waals surface area contributed by atoms with Crippen LogP contribution in [0.3, 0.4) is 0 Å². The van der Waals surface area contributed by atoms with E-state index < -0.39 is 39.9 Å². The average molecular weight is 609 g/mol. The molecule has 0 aliphatic heterocycles. The van der Waals surface area contributed by atoms with E-state index in [0.717, 1.165) is 21.7 Å². The molecule has 0 aromatic heterocycles. The summed E-state index contributed by atoms with van der Waals surface area (Å²) < 4.78 is 30.6. The predicted molar refractivity (Wildman–Crippen MR) is 168 cm³/mol. The Kier molecular flexibility index (Phi) is 11.8. The highest BCUT2D eigenvalue weighted by Crippen LogP contribution is 2.22. The van der Waals surface area contributed by atoms with Crippen molar-refractivity contribution in [3.05, 3.63) is 101 Å². The lowest BCUT2D eigenvalue weighted by atomic mass is 10.0. The maximum absolute atomic E-state index is 13.7.